The SMILES string of the molecule is C/C(N)=C/C=C(\N)N1CCC(C(=O)O)CC1. The molecule has 90 valence electrons. The van der Waals surface area contributed by atoms with E-state index in [0.29, 0.717) is 37.4 Å². The zero-order chi connectivity index (χ0) is 12.1. The molecule has 0 aromatic rings. The number of nitrogens with zero attached hydrogens (tertiary/aromatic N) is 1. The summed E-state index contributed by atoms with van der Waals surface area (Å²) in [5, 5.41) is 8.85. The number of aliphatic carboxylic acids is 1. The van der Waals surface area contributed by atoms with Gasteiger partial charge in [-0.25, -0.2) is 0 Å². The van der Waals surface area contributed by atoms with E-state index in [-0.39, 0.29) is 5.92 Å². The van der Waals surface area contributed by atoms with E-state index in [2.05, 4.69) is 0 Å². The molecule has 0 saturated carbocycles. The van der Waals surface area contributed by atoms with Gasteiger partial charge in [0.05, 0.1) is 11.7 Å². The summed E-state index contributed by atoms with van der Waals surface area (Å²) in [7, 11) is 0. The zero-order valence-electron chi connectivity index (χ0n) is 9.52. The van der Waals surface area contributed by atoms with Crippen LogP contribution in [0.25, 0.3) is 0 Å². The second-order valence-electron chi connectivity index (χ2n) is 4.10. The fourth-order valence-corrected chi connectivity index (χ4v) is 1.71. The van der Waals surface area contributed by atoms with E-state index >= 15 is 0 Å². The van der Waals surface area contributed by atoms with Crippen LogP contribution in [0.2, 0.25) is 0 Å². The van der Waals surface area contributed by atoms with Crippen LogP contribution in [0.5, 0.6) is 0 Å². The third-order valence-electron chi connectivity index (χ3n) is 2.73. The van der Waals surface area contributed by atoms with Crippen molar-refractivity contribution in [1.82, 2.24) is 4.90 Å². The summed E-state index contributed by atoms with van der Waals surface area (Å²) in [5.41, 5.74) is 12.1. The highest BCUT2D eigenvalue weighted by Gasteiger charge is 2.24. The molecule has 1 saturated heterocycles. The molecule has 0 spiro atoms. The quantitative estimate of drug-likeness (QED) is 0.606. The molecule has 1 fully saturated rings. The van der Waals surface area contributed by atoms with Gasteiger partial charge < -0.3 is 21.5 Å². The van der Waals surface area contributed by atoms with Crippen molar-refractivity contribution in [3.63, 3.8) is 0 Å². The van der Waals surface area contributed by atoms with Crippen molar-refractivity contribution in [3.8, 4) is 0 Å². The molecule has 0 aromatic carbocycles. The number of carboxylic acid groups (broad SMARTS) is 1. The largest absolute Gasteiger partial charge is 0.481 e. The van der Waals surface area contributed by atoms with Crippen molar-refractivity contribution in [2.24, 2.45) is 17.4 Å². The number of carbonyl (C=O) groups is 1. The van der Waals surface area contributed by atoms with Gasteiger partial charge in [-0.05, 0) is 31.9 Å². The summed E-state index contributed by atoms with van der Waals surface area (Å²) in [4.78, 5) is 12.7. The van der Waals surface area contributed by atoms with Gasteiger partial charge in [0, 0.05) is 18.8 Å². The van der Waals surface area contributed by atoms with Crippen LogP contribution in [0.1, 0.15) is 19.8 Å². The third-order valence-corrected chi connectivity index (χ3v) is 2.73. The molecule has 0 aromatic heterocycles. The molecule has 16 heavy (non-hydrogen) atoms. The molecule has 0 bridgehead atoms. The minimum absolute atomic E-state index is 0.226. The van der Waals surface area contributed by atoms with E-state index in [9.17, 15) is 4.79 Å². The Morgan fingerprint density at radius 1 is 1.31 bits per heavy atom. The van der Waals surface area contributed by atoms with Gasteiger partial charge >= 0.3 is 5.97 Å². The van der Waals surface area contributed by atoms with Crippen LogP contribution in [-0.4, -0.2) is 29.1 Å². The molecular formula is C11H19N3O2. The Morgan fingerprint density at radius 3 is 2.31 bits per heavy atom. The highest BCUT2D eigenvalue weighted by molar-refractivity contribution is 5.70. The molecule has 0 amide bonds. The Morgan fingerprint density at radius 2 is 1.88 bits per heavy atom. The van der Waals surface area contributed by atoms with Crippen LogP contribution in [0.15, 0.2) is 23.7 Å². The highest BCUT2D eigenvalue weighted by Crippen LogP contribution is 2.18. The average Bonchev–Trinajstić information content (AvgIpc) is 2.26. The number of allylic oxidation sites excluding steroid dienone is 3. The number of hydrogen-bond donors (Lipinski definition) is 3. The lowest BCUT2D eigenvalue weighted by atomic mass is 9.97. The topological polar surface area (TPSA) is 92.6 Å². The van der Waals surface area contributed by atoms with Gasteiger partial charge in [-0.1, -0.05) is 0 Å². The third kappa shape index (κ3) is 3.49. The number of hydrogen-bond acceptors (Lipinski definition) is 4. The highest BCUT2D eigenvalue weighted by atomic mass is 16.4. The molecule has 1 aliphatic rings. The summed E-state index contributed by atoms with van der Waals surface area (Å²) in [6.45, 7) is 3.17. The van der Waals surface area contributed by atoms with Crippen LogP contribution < -0.4 is 11.5 Å². The minimum Gasteiger partial charge on any atom is -0.481 e. The molecule has 0 radical (unpaired) electrons. The molecule has 0 atom stereocenters. The summed E-state index contributed by atoms with van der Waals surface area (Å²) in [6, 6.07) is 0. The van der Waals surface area contributed by atoms with E-state index in [1.165, 1.54) is 0 Å². The van der Waals surface area contributed by atoms with E-state index in [4.69, 9.17) is 16.6 Å². The first-order valence-electron chi connectivity index (χ1n) is 5.38. The summed E-state index contributed by atoms with van der Waals surface area (Å²) in [5.74, 6) is -0.288. The van der Waals surface area contributed by atoms with Crippen LogP contribution in [-0.2, 0) is 4.79 Å². The van der Waals surface area contributed by atoms with Crippen LogP contribution in [0.4, 0.5) is 0 Å². The first-order valence-corrected chi connectivity index (χ1v) is 5.38. The maximum absolute atomic E-state index is 10.8. The Hall–Kier alpha value is -1.65. The Kier molecular flexibility index (Phi) is 4.22. The molecule has 5 heteroatoms. The lowest BCUT2D eigenvalue weighted by Crippen LogP contribution is -2.38. The number of likely N-dealkylation sites (tertiary alicyclic amines) is 1. The van der Waals surface area contributed by atoms with Crippen LogP contribution >= 0.6 is 0 Å². The van der Waals surface area contributed by atoms with Crippen molar-refractivity contribution in [3.05, 3.63) is 23.7 Å². The van der Waals surface area contributed by atoms with Gasteiger partial charge in [-0.15, -0.1) is 0 Å². The molecule has 0 unspecified atom stereocenters. The molecule has 5 nitrogen and oxygen atoms in total. The van der Waals surface area contributed by atoms with E-state index in [1.54, 1.807) is 19.1 Å². The number of carboxylic acids is 1. The summed E-state index contributed by atoms with van der Waals surface area (Å²) in [6.07, 6.45) is 4.80. The summed E-state index contributed by atoms with van der Waals surface area (Å²) >= 11 is 0. The van der Waals surface area contributed by atoms with Gasteiger partial charge in [0.2, 0.25) is 0 Å². The molecule has 1 aliphatic heterocycles. The molecule has 1 heterocycles. The number of piperidine rings is 1. The standard InChI is InChI=1S/C11H19N3O2/c1-8(12)2-3-10(13)14-6-4-9(5-7-14)11(15)16/h2-3,9H,4-7,12-13H2,1H3,(H,15,16)/b8-2-,10-3+. The molecule has 0 aliphatic carbocycles. The van der Waals surface area contributed by atoms with Crippen molar-refractivity contribution >= 4 is 5.97 Å². The molecule has 1 rings (SSSR count). The van der Waals surface area contributed by atoms with Crippen LogP contribution in [0, 0.1) is 5.92 Å². The lowest BCUT2D eigenvalue weighted by Gasteiger charge is -2.31. The van der Waals surface area contributed by atoms with Crippen molar-refractivity contribution in [2.75, 3.05) is 13.1 Å². The Balaban J connectivity index is 2.50. The van der Waals surface area contributed by atoms with Crippen molar-refractivity contribution in [1.29, 1.82) is 0 Å². The second kappa shape index (κ2) is 5.44. The van der Waals surface area contributed by atoms with Crippen LogP contribution in [0.3, 0.4) is 0 Å². The summed E-state index contributed by atoms with van der Waals surface area (Å²) < 4.78 is 0. The van der Waals surface area contributed by atoms with Gasteiger partial charge in [-0.3, -0.25) is 4.79 Å². The minimum atomic E-state index is -0.708. The predicted molar refractivity (Wildman–Crippen MR) is 62.1 cm³/mol. The average molecular weight is 225 g/mol. The maximum Gasteiger partial charge on any atom is 0.306 e. The van der Waals surface area contributed by atoms with E-state index in [0.717, 1.165) is 0 Å². The Labute approximate surface area is 95.4 Å². The normalized spacial score (nSPS) is 19.9. The van der Waals surface area contributed by atoms with E-state index in [1.807, 2.05) is 4.90 Å². The van der Waals surface area contributed by atoms with E-state index < -0.39 is 5.97 Å². The van der Waals surface area contributed by atoms with Gasteiger partial charge in [0.25, 0.3) is 0 Å². The molecule has 5 N–H and O–H groups in total. The fourth-order valence-electron chi connectivity index (χ4n) is 1.71. The zero-order valence-corrected chi connectivity index (χ0v) is 9.52. The fraction of sp³-hybridized carbons (Fsp3) is 0.545. The van der Waals surface area contributed by atoms with Gasteiger partial charge in [-0.2, -0.15) is 0 Å². The lowest BCUT2D eigenvalue weighted by molar-refractivity contribution is -0.143. The maximum atomic E-state index is 10.8. The Bertz CT molecular complexity index is 311. The first kappa shape index (κ1) is 12.4. The number of rotatable bonds is 3. The second-order valence-corrected chi connectivity index (χ2v) is 4.10. The smallest absolute Gasteiger partial charge is 0.306 e. The monoisotopic (exact) mass is 225 g/mol. The first-order chi connectivity index (χ1) is 7.50. The van der Waals surface area contributed by atoms with Crippen molar-refractivity contribution < 1.29 is 9.90 Å². The van der Waals surface area contributed by atoms with Gasteiger partial charge in [0.1, 0.15) is 0 Å². The number of nitrogens with two attached hydrogens (primary N) is 2. The van der Waals surface area contributed by atoms with Crippen molar-refractivity contribution in [2.45, 2.75) is 19.8 Å². The van der Waals surface area contributed by atoms with Gasteiger partial charge in [0.15, 0.2) is 0 Å². The molecular weight excluding hydrogens is 206 g/mol. The predicted octanol–water partition coefficient (Wildman–Crippen LogP) is 0.446.